The average molecular weight is 195 g/mol. The van der Waals surface area contributed by atoms with E-state index in [1.165, 1.54) is 6.07 Å². The van der Waals surface area contributed by atoms with E-state index in [4.69, 9.17) is 9.84 Å². The number of hydrogen-bond donors (Lipinski definition) is 1. The summed E-state index contributed by atoms with van der Waals surface area (Å²) < 4.78 is 6.84. The van der Waals surface area contributed by atoms with Crippen molar-refractivity contribution in [1.29, 1.82) is 0 Å². The van der Waals surface area contributed by atoms with Gasteiger partial charge in [-0.25, -0.2) is 4.79 Å². The average Bonchev–Trinajstić information content (AvgIpc) is 2.56. The van der Waals surface area contributed by atoms with E-state index in [1.807, 2.05) is 0 Å². The minimum Gasteiger partial charge on any atom is -0.478 e. The first kappa shape index (κ1) is 8.96. The van der Waals surface area contributed by atoms with E-state index >= 15 is 0 Å². The first-order valence-corrected chi connectivity index (χ1v) is 4.22. The summed E-state index contributed by atoms with van der Waals surface area (Å²) in [5.74, 6) is -1.02. The molecule has 1 aliphatic heterocycles. The Morgan fingerprint density at radius 3 is 3.07 bits per heavy atom. The molecule has 1 aromatic rings. The summed E-state index contributed by atoms with van der Waals surface area (Å²) in [6.07, 6.45) is 0.668. The van der Waals surface area contributed by atoms with Gasteiger partial charge < -0.3 is 14.4 Å². The molecule has 74 valence electrons. The highest BCUT2D eigenvalue weighted by Gasteiger charge is 2.21. The zero-order chi connectivity index (χ0) is 10.1. The summed E-state index contributed by atoms with van der Waals surface area (Å²) in [4.78, 5) is 21.5. The van der Waals surface area contributed by atoms with Gasteiger partial charge in [0, 0.05) is 6.54 Å². The molecule has 0 unspecified atom stereocenters. The van der Waals surface area contributed by atoms with E-state index in [0.717, 1.165) is 0 Å². The van der Waals surface area contributed by atoms with Crippen LogP contribution in [0.3, 0.4) is 0 Å². The molecular weight excluding hydrogens is 186 g/mol. The predicted molar refractivity (Wildman–Crippen MR) is 46.4 cm³/mol. The van der Waals surface area contributed by atoms with Crippen LogP contribution in [0, 0.1) is 0 Å². The van der Waals surface area contributed by atoms with Crippen LogP contribution in [0.25, 0.3) is 0 Å². The number of hydrogen-bond acceptors (Lipinski definition) is 3. The molecule has 0 fully saturated rings. The van der Waals surface area contributed by atoms with Gasteiger partial charge in [-0.3, -0.25) is 4.79 Å². The zero-order valence-electron chi connectivity index (χ0n) is 7.40. The van der Waals surface area contributed by atoms with Crippen LogP contribution in [-0.2, 0) is 17.9 Å². The second-order valence-electron chi connectivity index (χ2n) is 3.06. The fourth-order valence-electron chi connectivity index (χ4n) is 1.64. The Morgan fingerprint density at radius 2 is 2.43 bits per heavy atom. The van der Waals surface area contributed by atoms with Crippen molar-refractivity contribution in [3.8, 4) is 0 Å². The summed E-state index contributed by atoms with van der Waals surface area (Å²) in [6, 6.07) is 1.39. The van der Waals surface area contributed by atoms with Gasteiger partial charge in [0.2, 0.25) is 0 Å². The lowest BCUT2D eigenvalue weighted by molar-refractivity contribution is 0.0659. The second kappa shape index (κ2) is 3.26. The Labute approximate surface area is 79.9 Å². The fourth-order valence-corrected chi connectivity index (χ4v) is 1.64. The van der Waals surface area contributed by atoms with E-state index in [0.29, 0.717) is 30.8 Å². The Morgan fingerprint density at radius 1 is 1.64 bits per heavy atom. The maximum Gasteiger partial charge on any atom is 0.337 e. The summed E-state index contributed by atoms with van der Waals surface area (Å²) in [7, 11) is 0. The first-order chi connectivity index (χ1) is 6.74. The number of carbonyl (C=O) groups is 2. The van der Waals surface area contributed by atoms with Crippen LogP contribution >= 0.6 is 0 Å². The molecule has 0 spiro atoms. The van der Waals surface area contributed by atoms with Gasteiger partial charge in [-0.1, -0.05) is 0 Å². The van der Waals surface area contributed by atoms with E-state index in [2.05, 4.69) is 0 Å². The summed E-state index contributed by atoms with van der Waals surface area (Å²) in [5, 5.41) is 8.86. The largest absolute Gasteiger partial charge is 0.478 e. The topological polar surface area (TPSA) is 68.5 Å². The van der Waals surface area contributed by atoms with Crippen molar-refractivity contribution in [1.82, 2.24) is 4.57 Å². The molecule has 0 atom stereocenters. The number of fused-ring (bicyclic) bond motifs is 1. The summed E-state index contributed by atoms with van der Waals surface area (Å²) >= 11 is 0. The monoisotopic (exact) mass is 195 g/mol. The number of ether oxygens (including phenoxy) is 1. The third-order valence-corrected chi connectivity index (χ3v) is 2.29. The Kier molecular flexibility index (Phi) is 2.09. The molecule has 1 aliphatic rings. The Hall–Kier alpha value is -1.62. The van der Waals surface area contributed by atoms with Crippen molar-refractivity contribution in [2.45, 2.75) is 13.2 Å². The molecule has 5 heteroatoms. The SMILES string of the molecule is O=Cc1cc(C(=O)O)c2n1CCOC2. The number of aldehydes is 1. The van der Waals surface area contributed by atoms with E-state index < -0.39 is 5.97 Å². The number of aromatic carboxylic acids is 1. The molecule has 14 heavy (non-hydrogen) atoms. The van der Waals surface area contributed by atoms with Crippen molar-refractivity contribution in [3.63, 3.8) is 0 Å². The number of carboxylic acids is 1. The van der Waals surface area contributed by atoms with Crippen molar-refractivity contribution in [2.24, 2.45) is 0 Å². The number of carboxylic acid groups (broad SMARTS) is 1. The highest BCUT2D eigenvalue weighted by Crippen LogP contribution is 2.19. The van der Waals surface area contributed by atoms with Crippen molar-refractivity contribution in [2.75, 3.05) is 6.61 Å². The maximum atomic E-state index is 10.8. The van der Waals surface area contributed by atoms with Crippen LogP contribution in [0.1, 0.15) is 26.5 Å². The zero-order valence-corrected chi connectivity index (χ0v) is 7.40. The first-order valence-electron chi connectivity index (χ1n) is 4.22. The molecular formula is C9H9NO4. The van der Waals surface area contributed by atoms with Gasteiger partial charge >= 0.3 is 5.97 Å². The van der Waals surface area contributed by atoms with Crippen molar-refractivity contribution < 1.29 is 19.4 Å². The lowest BCUT2D eigenvalue weighted by Crippen LogP contribution is -2.19. The molecule has 2 heterocycles. The molecule has 0 aromatic carbocycles. The summed E-state index contributed by atoms with van der Waals surface area (Å²) in [5.41, 5.74) is 1.14. The van der Waals surface area contributed by atoms with Crippen LogP contribution < -0.4 is 0 Å². The summed E-state index contributed by atoms with van der Waals surface area (Å²) in [6.45, 7) is 1.31. The molecule has 0 saturated heterocycles. The van der Waals surface area contributed by atoms with Gasteiger partial charge in [0.25, 0.3) is 0 Å². The van der Waals surface area contributed by atoms with Crippen LogP contribution in [0.2, 0.25) is 0 Å². The van der Waals surface area contributed by atoms with Crippen LogP contribution in [0.4, 0.5) is 0 Å². The maximum absolute atomic E-state index is 10.8. The molecule has 0 radical (unpaired) electrons. The highest BCUT2D eigenvalue weighted by molar-refractivity contribution is 5.91. The minimum atomic E-state index is -1.02. The van der Waals surface area contributed by atoms with Gasteiger partial charge in [-0.15, -0.1) is 0 Å². The molecule has 1 aromatic heterocycles. The number of nitrogens with zero attached hydrogens (tertiary/aromatic N) is 1. The molecule has 0 saturated carbocycles. The second-order valence-corrected chi connectivity index (χ2v) is 3.06. The number of rotatable bonds is 2. The minimum absolute atomic E-state index is 0.159. The highest BCUT2D eigenvalue weighted by atomic mass is 16.5. The van der Waals surface area contributed by atoms with Crippen molar-refractivity contribution in [3.05, 3.63) is 23.0 Å². The van der Waals surface area contributed by atoms with Gasteiger partial charge in [0.15, 0.2) is 6.29 Å². The van der Waals surface area contributed by atoms with Crippen LogP contribution in [-0.4, -0.2) is 28.5 Å². The van der Waals surface area contributed by atoms with Gasteiger partial charge in [-0.2, -0.15) is 0 Å². The van der Waals surface area contributed by atoms with Gasteiger partial charge in [0.1, 0.15) is 0 Å². The fraction of sp³-hybridized carbons (Fsp3) is 0.333. The number of aromatic nitrogens is 1. The molecule has 5 nitrogen and oxygen atoms in total. The van der Waals surface area contributed by atoms with Crippen LogP contribution in [0.15, 0.2) is 6.07 Å². The molecule has 0 aliphatic carbocycles. The molecule has 1 N–H and O–H groups in total. The predicted octanol–water partition coefficient (Wildman–Crippen LogP) is 0.529. The van der Waals surface area contributed by atoms with E-state index in [-0.39, 0.29) is 12.2 Å². The Bertz CT molecular complexity index is 394. The lowest BCUT2D eigenvalue weighted by atomic mass is 10.2. The third-order valence-electron chi connectivity index (χ3n) is 2.29. The molecule has 0 amide bonds. The van der Waals surface area contributed by atoms with E-state index in [1.54, 1.807) is 4.57 Å². The van der Waals surface area contributed by atoms with Gasteiger partial charge in [-0.05, 0) is 6.07 Å². The van der Waals surface area contributed by atoms with Crippen LogP contribution in [0.5, 0.6) is 0 Å². The van der Waals surface area contributed by atoms with E-state index in [9.17, 15) is 9.59 Å². The molecule has 0 bridgehead atoms. The normalized spacial score (nSPS) is 14.9. The third kappa shape index (κ3) is 1.22. The molecule has 2 rings (SSSR count). The quantitative estimate of drug-likeness (QED) is 0.699. The smallest absolute Gasteiger partial charge is 0.337 e. The Balaban J connectivity index is 2.57. The standard InChI is InChI=1S/C9H9NO4/c11-4-6-3-7(9(12)13)8-5-14-2-1-10(6)8/h3-4H,1-2,5H2,(H,12,13). The lowest BCUT2D eigenvalue weighted by Gasteiger charge is -2.17. The van der Waals surface area contributed by atoms with Crippen molar-refractivity contribution >= 4 is 12.3 Å². The number of carbonyl (C=O) groups excluding carboxylic acids is 1. The van der Waals surface area contributed by atoms with Gasteiger partial charge in [0.05, 0.1) is 30.2 Å².